The highest BCUT2D eigenvalue weighted by molar-refractivity contribution is 7.98. The number of hydrogen-bond donors (Lipinski definition) is 2. The van der Waals surface area contributed by atoms with Gasteiger partial charge in [-0.1, -0.05) is 13.8 Å². The van der Waals surface area contributed by atoms with Crippen LogP contribution in [0.3, 0.4) is 0 Å². The van der Waals surface area contributed by atoms with Gasteiger partial charge in [-0.15, -0.1) is 0 Å². The highest BCUT2D eigenvalue weighted by Crippen LogP contribution is 1.95. The number of nitrogens with one attached hydrogen (secondary N) is 1. The van der Waals surface area contributed by atoms with Gasteiger partial charge in [-0.2, -0.15) is 11.8 Å². The second-order valence-corrected chi connectivity index (χ2v) is 3.58. The summed E-state index contributed by atoms with van der Waals surface area (Å²) in [5.41, 5.74) is 0. The zero-order chi connectivity index (χ0) is 7.98. The lowest BCUT2D eigenvalue weighted by atomic mass is 10.3. The van der Waals surface area contributed by atoms with E-state index < -0.39 is 0 Å². The van der Waals surface area contributed by atoms with Crippen molar-refractivity contribution in [3.8, 4) is 0 Å². The van der Waals surface area contributed by atoms with Crippen molar-refractivity contribution in [3.63, 3.8) is 0 Å². The second kappa shape index (κ2) is 6.01. The fourth-order valence-corrected chi connectivity index (χ4v) is 1.13. The molecule has 1 unspecified atom stereocenters. The number of hydrogen-bond acceptors (Lipinski definition) is 3. The minimum atomic E-state index is -0.197. The Morgan fingerprint density at radius 1 is 1.50 bits per heavy atom. The zero-order valence-corrected chi connectivity index (χ0v) is 7.74. The summed E-state index contributed by atoms with van der Waals surface area (Å²) in [5.74, 6) is 0.819. The molecule has 0 aliphatic carbocycles. The summed E-state index contributed by atoms with van der Waals surface area (Å²) in [6, 6.07) is 0.469. The van der Waals surface area contributed by atoms with Crippen molar-refractivity contribution in [1.29, 1.82) is 0 Å². The van der Waals surface area contributed by atoms with Gasteiger partial charge in [-0.25, -0.2) is 0 Å². The molecule has 0 aromatic heterocycles. The summed E-state index contributed by atoms with van der Waals surface area (Å²) >= 11 is 1.67. The Morgan fingerprint density at radius 2 is 2.10 bits per heavy atom. The molecule has 3 heteroatoms. The van der Waals surface area contributed by atoms with E-state index in [1.54, 1.807) is 11.8 Å². The molecule has 0 aliphatic heterocycles. The van der Waals surface area contributed by atoms with Crippen LogP contribution in [0.15, 0.2) is 0 Å². The van der Waals surface area contributed by atoms with E-state index in [9.17, 15) is 5.11 Å². The van der Waals surface area contributed by atoms with Gasteiger partial charge < -0.3 is 10.4 Å². The van der Waals surface area contributed by atoms with E-state index in [4.69, 9.17) is 0 Å². The summed E-state index contributed by atoms with van der Waals surface area (Å²) in [4.78, 5) is 0. The van der Waals surface area contributed by atoms with Gasteiger partial charge in [-0.05, 0) is 6.26 Å². The van der Waals surface area contributed by atoms with Crippen LogP contribution in [-0.4, -0.2) is 35.8 Å². The average molecular weight is 163 g/mol. The maximum absolute atomic E-state index is 9.21. The van der Waals surface area contributed by atoms with Gasteiger partial charge >= 0.3 is 0 Å². The first kappa shape index (κ1) is 10.3. The summed E-state index contributed by atoms with van der Waals surface area (Å²) in [5, 5.41) is 12.4. The smallest absolute Gasteiger partial charge is 0.0754 e. The van der Waals surface area contributed by atoms with Crippen LogP contribution in [-0.2, 0) is 0 Å². The lowest BCUT2D eigenvalue weighted by Crippen LogP contribution is -2.33. The molecule has 0 amide bonds. The number of thioether (sulfide) groups is 1. The third kappa shape index (κ3) is 6.39. The molecule has 2 nitrogen and oxygen atoms in total. The first-order chi connectivity index (χ1) is 4.66. The Labute approximate surface area is 67.4 Å². The van der Waals surface area contributed by atoms with Gasteiger partial charge in [0.05, 0.1) is 6.10 Å². The minimum absolute atomic E-state index is 0.197. The van der Waals surface area contributed by atoms with E-state index in [0.717, 1.165) is 5.75 Å². The normalized spacial score (nSPS) is 14.1. The van der Waals surface area contributed by atoms with Crippen molar-refractivity contribution in [2.24, 2.45) is 0 Å². The predicted molar refractivity (Wildman–Crippen MR) is 47.5 cm³/mol. The van der Waals surface area contributed by atoms with Gasteiger partial charge in [0.1, 0.15) is 0 Å². The third-order valence-corrected chi connectivity index (χ3v) is 1.84. The van der Waals surface area contributed by atoms with Crippen molar-refractivity contribution >= 4 is 11.8 Å². The molecule has 0 spiro atoms. The lowest BCUT2D eigenvalue weighted by Gasteiger charge is -2.12. The van der Waals surface area contributed by atoms with Gasteiger partial charge in [0.25, 0.3) is 0 Å². The third-order valence-electron chi connectivity index (χ3n) is 1.12. The predicted octanol–water partition coefficient (Wildman–Crippen LogP) is 0.708. The average Bonchev–Trinajstić information content (AvgIpc) is 1.85. The van der Waals surface area contributed by atoms with Crippen molar-refractivity contribution in [1.82, 2.24) is 5.32 Å². The summed E-state index contributed by atoms with van der Waals surface area (Å²) in [6.45, 7) is 4.86. The molecule has 0 fully saturated rings. The molecular formula is C7H17NOS. The Bertz CT molecular complexity index is 78.0. The number of aliphatic hydroxyl groups excluding tert-OH is 1. The molecule has 0 aliphatic rings. The molecule has 0 saturated carbocycles. The van der Waals surface area contributed by atoms with Crippen LogP contribution in [0.4, 0.5) is 0 Å². The molecule has 0 aromatic carbocycles. The lowest BCUT2D eigenvalue weighted by molar-refractivity contribution is 0.192. The van der Waals surface area contributed by atoms with Crippen LogP contribution in [0.25, 0.3) is 0 Å². The fourth-order valence-electron chi connectivity index (χ4n) is 0.623. The van der Waals surface area contributed by atoms with Crippen molar-refractivity contribution in [2.45, 2.75) is 26.0 Å². The molecule has 10 heavy (non-hydrogen) atoms. The zero-order valence-electron chi connectivity index (χ0n) is 6.92. The van der Waals surface area contributed by atoms with E-state index in [1.807, 2.05) is 6.26 Å². The molecule has 62 valence electrons. The van der Waals surface area contributed by atoms with Crippen LogP contribution in [0, 0.1) is 0 Å². The maximum atomic E-state index is 9.21. The maximum Gasteiger partial charge on any atom is 0.0754 e. The molecule has 0 saturated heterocycles. The largest absolute Gasteiger partial charge is 0.391 e. The van der Waals surface area contributed by atoms with Crippen LogP contribution >= 0.6 is 11.8 Å². The number of aliphatic hydroxyl groups is 1. The van der Waals surface area contributed by atoms with Crippen LogP contribution < -0.4 is 5.32 Å². The summed E-state index contributed by atoms with van der Waals surface area (Å²) in [7, 11) is 0. The summed E-state index contributed by atoms with van der Waals surface area (Å²) in [6.07, 6.45) is 1.80. The standard InChI is InChI=1S/C7H17NOS/c1-6(2)8-4-7(9)5-10-3/h6-9H,4-5H2,1-3H3. The molecule has 0 heterocycles. The Kier molecular flexibility index (Phi) is 6.17. The molecule has 1 atom stereocenters. The molecule has 0 rings (SSSR count). The topological polar surface area (TPSA) is 32.3 Å². The monoisotopic (exact) mass is 163 g/mol. The van der Waals surface area contributed by atoms with Gasteiger partial charge in [0, 0.05) is 18.3 Å². The van der Waals surface area contributed by atoms with E-state index in [2.05, 4.69) is 19.2 Å². The van der Waals surface area contributed by atoms with Gasteiger partial charge in [-0.3, -0.25) is 0 Å². The van der Waals surface area contributed by atoms with Crippen LogP contribution in [0.2, 0.25) is 0 Å². The minimum Gasteiger partial charge on any atom is -0.391 e. The Hall–Kier alpha value is 0.270. The number of rotatable bonds is 5. The van der Waals surface area contributed by atoms with Crippen molar-refractivity contribution in [3.05, 3.63) is 0 Å². The van der Waals surface area contributed by atoms with Gasteiger partial charge in [0.2, 0.25) is 0 Å². The fraction of sp³-hybridized carbons (Fsp3) is 1.00. The first-order valence-corrected chi connectivity index (χ1v) is 4.96. The highest BCUT2D eigenvalue weighted by Gasteiger charge is 2.01. The van der Waals surface area contributed by atoms with E-state index in [-0.39, 0.29) is 6.10 Å². The van der Waals surface area contributed by atoms with E-state index >= 15 is 0 Å². The molecular weight excluding hydrogens is 146 g/mol. The van der Waals surface area contributed by atoms with Crippen molar-refractivity contribution < 1.29 is 5.11 Å². The second-order valence-electron chi connectivity index (χ2n) is 2.67. The molecule has 0 bridgehead atoms. The quantitative estimate of drug-likeness (QED) is 0.626. The Balaban J connectivity index is 3.12. The van der Waals surface area contributed by atoms with Gasteiger partial charge in [0.15, 0.2) is 0 Å². The van der Waals surface area contributed by atoms with Crippen LogP contribution in [0.1, 0.15) is 13.8 Å². The van der Waals surface area contributed by atoms with Crippen molar-refractivity contribution in [2.75, 3.05) is 18.6 Å². The van der Waals surface area contributed by atoms with E-state index in [1.165, 1.54) is 0 Å². The molecule has 0 radical (unpaired) electrons. The van der Waals surface area contributed by atoms with E-state index in [0.29, 0.717) is 12.6 Å². The SMILES string of the molecule is CSCC(O)CNC(C)C. The molecule has 0 aromatic rings. The highest BCUT2D eigenvalue weighted by atomic mass is 32.2. The molecule has 2 N–H and O–H groups in total. The van der Waals surface area contributed by atoms with Crippen LogP contribution in [0.5, 0.6) is 0 Å². The Morgan fingerprint density at radius 3 is 2.50 bits per heavy atom. The first-order valence-electron chi connectivity index (χ1n) is 3.57. The summed E-state index contributed by atoms with van der Waals surface area (Å²) < 4.78 is 0.